The maximum Gasteiger partial charge on any atom is 0.225 e. The van der Waals surface area contributed by atoms with Crippen molar-refractivity contribution in [3.8, 4) is 0 Å². The Hall–Kier alpha value is -1.32. The molecule has 1 aliphatic heterocycles. The summed E-state index contributed by atoms with van der Waals surface area (Å²) in [6.45, 7) is 9.16. The fraction of sp³-hybridized carbons (Fsp3) is 0.706. The van der Waals surface area contributed by atoms with Crippen molar-refractivity contribution in [1.29, 1.82) is 0 Å². The van der Waals surface area contributed by atoms with Crippen molar-refractivity contribution in [3.05, 3.63) is 18.0 Å². The number of aryl methyl sites for hydroxylation is 1. The van der Waals surface area contributed by atoms with Gasteiger partial charge in [-0.15, -0.1) is 24.0 Å². The summed E-state index contributed by atoms with van der Waals surface area (Å²) in [6, 6.07) is 0.361. The summed E-state index contributed by atoms with van der Waals surface area (Å²) in [5.74, 6) is 1.15. The zero-order chi connectivity index (χ0) is 17.5. The molecule has 1 amide bonds. The van der Waals surface area contributed by atoms with Gasteiger partial charge >= 0.3 is 0 Å². The summed E-state index contributed by atoms with van der Waals surface area (Å²) >= 11 is 0. The summed E-state index contributed by atoms with van der Waals surface area (Å²) in [5, 5.41) is 11.1. The van der Waals surface area contributed by atoms with Gasteiger partial charge in [0.05, 0.1) is 12.7 Å². The number of guanidine groups is 1. The molecule has 0 saturated carbocycles. The van der Waals surface area contributed by atoms with Crippen LogP contribution < -0.4 is 10.6 Å². The highest BCUT2D eigenvalue weighted by Gasteiger charge is 2.24. The second kappa shape index (κ2) is 10.6. The third-order valence-electron chi connectivity index (χ3n) is 4.26. The molecule has 0 spiro atoms. The minimum atomic E-state index is 0. The van der Waals surface area contributed by atoms with E-state index in [1.165, 1.54) is 5.56 Å². The molecule has 0 aromatic carbocycles. The molecule has 2 N–H and O–H groups in total. The molecule has 0 atom stereocenters. The Balaban J connectivity index is 0.00000312. The van der Waals surface area contributed by atoms with E-state index in [1.807, 2.05) is 42.7 Å². The normalized spacial score (nSPS) is 15.9. The molecule has 2 rings (SSSR count). The molecule has 1 aromatic rings. The lowest BCUT2D eigenvalue weighted by Crippen LogP contribution is -2.50. The van der Waals surface area contributed by atoms with E-state index in [4.69, 9.17) is 0 Å². The number of nitrogens with zero attached hydrogens (tertiary/aromatic N) is 4. The molecule has 1 aliphatic rings. The molecule has 1 saturated heterocycles. The van der Waals surface area contributed by atoms with E-state index in [1.54, 1.807) is 7.05 Å². The second-order valence-electron chi connectivity index (χ2n) is 6.68. The van der Waals surface area contributed by atoms with E-state index >= 15 is 0 Å². The topological polar surface area (TPSA) is 74.6 Å². The predicted molar refractivity (Wildman–Crippen MR) is 111 cm³/mol. The molecule has 8 heteroatoms. The standard InChI is InChI=1S/C17H30N6O.HI/c1-13(2)16(24)22-8-5-15(6-9-22)21-17(18-4)19-7-10-23-12-14(3)11-20-23;/h11-13,15H,5-10H2,1-4H3,(H2,18,19,21);1H. The van der Waals surface area contributed by atoms with E-state index in [2.05, 4.69) is 20.7 Å². The highest BCUT2D eigenvalue weighted by Crippen LogP contribution is 2.13. The molecular formula is C17H31IN6O. The van der Waals surface area contributed by atoms with Crippen LogP contribution in [0.4, 0.5) is 0 Å². The second-order valence-corrected chi connectivity index (χ2v) is 6.68. The minimum absolute atomic E-state index is 0. The quantitative estimate of drug-likeness (QED) is 0.396. The first-order valence-electron chi connectivity index (χ1n) is 8.74. The fourth-order valence-electron chi connectivity index (χ4n) is 2.88. The number of nitrogens with one attached hydrogen (secondary N) is 2. The monoisotopic (exact) mass is 462 g/mol. The van der Waals surface area contributed by atoms with Gasteiger partial charge in [0, 0.05) is 44.8 Å². The first-order valence-corrected chi connectivity index (χ1v) is 8.74. The Morgan fingerprint density at radius 2 is 2.08 bits per heavy atom. The molecule has 2 heterocycles. The van der Waals surface area contributed by atoms with Gasteiger partial charge in [-0.3, -0.25) is 14.5 Å². The Kier molecular flexibility index (Phi) is 9.23. The lowest BCUT2D eigenvalue weighted by Gasteiger charge is -2.34. The van der Waals surface area contributed by atoms with E-state index in [0.717, 1.165) is 45.0 Å². The summed E-state index contributed by atoms with van der Waals surface area (Å²) < 4.78 is 1.92. The third kappa shape index (κ3) is 6.83. The van der Waals surface area contributed by atoms with Gasteiger partial charge in [-0.1, -0.05) is 13.8 Å². The van der Waals surface area contributed by atoms with E-state index in [9.17, 15) is 4.79 Å². The Morgan fingerprint density at radius 1 is 1.40 bits per heavy atom. The van der Waals surface area contributed by atoms with Crippen molar-refractivity contribution in [2.24, 2.45) is 10.9 Å². The zero-order valence-electron chi connectivity index (χ0n) is 15.7. The third-order valence-corrected chi connectivity index (χ3v) is 4.26. The fourth-order valence-corrected chi connectivity index (χ4v) is 2.88. The summed E-state index contributed by atoms with van der Waals surface area (Å²) in [4.78, 5) is 18.3. The van der Waals surface area contributed by atoms with Gasteiger partial charge in [0.25, 0.3) is 0 Å². The van der Waals surface area contributed by atoms with Crippen molar-refractivity contribution in [2.45, 2.75) is 46.2 Å². The van der Waals surface area contributed by atoms with Crippen LogP contribution in [0.15, 0.2) is 17.4 Å². The SMILES string of the molecule is CN=C(NCCn1cc(C)cn1)NC1CCN(C(=O)C(C)C)CC1.I. The smallest absolute Gasteiger partial charge is 0.225 e. The van der Waals surface area contributed by atoms with Crippen LogP contribution in [0.25, 0.3) is 0 Å². The first-order chi connectivity index (χ1) is 11.5. The van der Waals surface area contributed by atoms with Crippen LogP contribution in [0.5, 0.6) is 0 Å². The highest BCUT2D eigenvalue weighted by atomic mass is 127. The number of aromatic nitrogens is 2. The Labute approximate surface area is 167 Å². The number of aliphatic imine (C=N–C) groups is 1. The van der Waals surface area contributed by atoms with Gasteiger partial charge in [-0.2, -0.15) is 5.10 Å². The van der Waals surface area contributed by atoms with Crippen LogP contribution in [0.3, 0.4) is 0 Å². The van der Waals surface area contributed by atoms with Gasteiger partial charge in [-0.05, 0) is 25.3 Å². The molecule has 0 bridgehead atoms. The molecular weight excluding hydrogens is 431 g/mol. The number of likely N-dealkylation sites (tertiary alicyclic amines) is 1. The number of amides is 1. The summed E-state index contributed by atoms with van der Waals surface area (Å²) in [7, 11) is 1.78. The van der Waals surface area contributed by atoms with Crippen LogP contribution >= 0.6 is 24.0 Å². The average molecular weight is 462 g/mol. The van der Waals surface area contributed by atoms with Crippen molar-refractivity contribution in [2.75, 3.05) is 26.7 Å². The van der Waals surface area contributed by atoms with Gasteiger partial charge in [-0.25, -0.2) is 0 Å². The van der Waals surface area contributed by atoms with Gasteiger partial charge in [0.15, 0.2) is 5.96 Å². The number of hydrogen-bond donors (Lipinski definition) is 2. The molecule has 0 unspecified atom stereocenters. The summed E-state index contributed by atoms with van der Waals surface area (Å²) in [5.41, 5.74) is 1.17. The zero-order valence-corrected chi connectivity index (χ0v) is 18.0. The first kappa shape index (κ1) is 21.7. The lowest BCUT2D eigenvalue weighted by atomic mass is 10.0. The molecule has 1 fully saturated rings. The molecule has 1 aromatic heterocycles. The highest BCUT2D eigenvalue weighted by molar-refractivity contribution is 14.0. The van der Waals surface area contributed by atoms with Crippen LogP contribution in [0.2, 0.25) is 0 Å². The number of halogens is 1. The van der Waals surface area contributed by atoms with E-state index in [-0.39, 0.29) is 35.8 Å². The number of carbonyl (C=O) groups is 1. The van der Waals surface area contributed by atoms with Gasteiger partial charge in [0.2, 0.25) is 5.91 Å². The van der Waals surface area contributed by atoms with Crippen molar-refractivity contribution in [3.63, 3.8) is 0 Å². The Morgan fingerprint density at radius 3 is 2.60 bits per heavy atom. The summed E-state index contributed by atoms with van der Waals surface area (Å²) in [6.07, 6.45) is 5.80. The van der Waals surface area contributed by atoms with E-state index in [0.29, 0.717) is 6.04 Å². The molecule has 0 aliphatic carbocycles. The lowest BCUT2D eigenvalue weighted by molar-refractivity contribution is -0.135. The minimum Gasteiger partial charge on any atom is -0.355 e. The maximum atomic E-state index is 12.0. The number of rotatable bonds is 5. The number of piperidine rings is 1. The van der Waals surface area contributed by atoms with Crippen LogP contribution in [0, 0.1) is 12.8 Å². The van der Waals surface area contributed by atoms with E-state index < -0.39 is 0 Å². The van der Waals surface area contributed by atoms with Crippen LogP contribution in [-0.2, 0) is 11.3 Å². The van der Waals surface area contributed by atoms with Crippen LogP contribution in [-0.4, -0.2) is 59.3 Å². The van der Waals surface area contributed by atoms with Gasteiger partial charge < -0.3 is 15.5 Å². The largest absolute Gasteiger partial charge is 0.355 e. The number of carbonyl (C=O) groups excluding carboxylic acids is 1. The van der Waals surface area contributed by atoms with Crippen molar-refractivity contribution in [1.82, 2.24) is 25.3 Å². The molecule has 0 radical (unpaired) electrons. The molecule has 142 valence electrons. The van der Waals surface area contributed by atoms with Crippen molar-refractivity contribution < 1.29 is 4.79 Å². The van der Waals surface area contributed by atoms with Gasteiger partial charge in [0.1, 0.15) is 0 Å². The predicted octanol–water partition coefficient (Wildman–Crippen LogP) is 1.62. The number of hydrogen-bond acceptors (Lipinski definition) is 3. The van der Waals surface area contributed by atoms with Crippen LogP contribution in [0.1, 0.15) is 32.3 Å². The van der Waals surface area contributed by atoms with Crippen molar-refractivity contribution >= 4 is 35.8 Å². The average Bonchev–Trinajstić information content (AvgIpc) is 2.99. The maximum absolute atomic E-state index is 12.0. The molecule has 25 heavy (non-hydrogen) atoms. The molecule has 7 nitrogen and oxygen atoms in total. The Bertz CT molecular complexity index is 563.